The van der Waals surface area contributed by atoms with Crippen LogP contribution in [0, 0.1) is 9.49 Å². The van der Waals surface area contributed by atoms with Crippen LogP contribution >= 0.6 is 34.2 Å². The predicted octanol–water partition coefficient (Wildman–Crippen LogP) is 3.88. The van der Waals surface area contributed by atoms with E-state index in [0.29, 0.717) is 5.92 Å². The van der Waals surface area contributed by atoms with Crippen LogP contribution in [0.2, 0.25) is 5.02 Å². The molecule has 2 aromatic rings. The molecule has 0 aliphatic carbocycles. The molecule has 1 aromatic heterocycles. The Bertz CT molecular complexity index is 551. The zero-order valence-corrected chi connectivity index (χ0v) is 13.9. The molecule has 102 valence electrons. The van der Waals surface area contributed by atoms with Gasteiger partial charge in [-0.25, -0.2) is 4.68 Å². The number of aromatic nitrogens is 2. The maximum atomic E-state index is 5.96. The number of hydrogen-bond donors (Lipinski definition) is 1. The molecule has 5 heteroatoms. The lowest BCUT2D eigenvalue weighted by Gasteiger charge is -2.06. The summed E-state index contributed by atoms with van der Waals surface area (Å²) in [6, 6.07) is 7.85. The van der Waals surface area contributed by atoms with Gasteiger partial charge in [0.1, 0.15) is 0 Å². The molecule has 0 atom stereocenters. The minimum absolute atomic E-state index is 0.652. The van der Waals surface area contributed by atoms with E-state index in [2.05, 4.69) is 46.9 Å². The molecule has 0 radical (unpaired) electrons. The molecule has 0 saturated carbocycles. The van der Waals surface area contributed by atoms with Crippen molar-refractivity contribution in [1.29, 1.82) is 0 Å². The second kappa shape index (κ2) is 6.72. The van der Waals surface area contributed by atoms with E-state index >= 15 is 0 Å². The molecular weight excluding hydrogens is 373 g/mol. The zero-order valence-electron chi connectivity index (χ0n) is 11.0. The lowest BCUT2D eigenvalue weighted by Crippen LogP contribution is -2.19. The highest BCUT2D eigenvalue weighted by molar-refractivity contribution is 14.1. The van der Waals surface area contributed by atoms with Crippen LogP contribution in [0.1, 0.15) is 19.5 Å². The Labute approximate surface area is 132 Å². The van der Waals surface area contributed by atoms with E-state index in [4.69, 9.17) is 11.6 Å². The van der Waals surface area contributed by atoms with E-state index in [9.17, 15) is 0 Å². The summed E-state index contributed by atoms with van der Waals surface area (Å²) in [5.41, 5.74) is 2.10. The summed E-state index contributed by atoms with van der Waals surface area (Å²) >= 11 is 8.24. The summed E-state index contributed by atoms with van der Waals surface area (Å²) in [4.78, 5) is 0. The van der Waals surface area contributed by atoms with Gasteiger partial charge in [-0.3, -0.25) is 0 Å². The quantitative estimate of drug-likeness (QED) is 0.787. The molecule has 0 bridgehead atoms. The number of nitrogens with one attached hydrogen (secondary N) is 1. The van der Waals surface area contributed by atoms with Crippen molar-refractivity contribution in [3.63, 3.8) is 0 Å². The van der Waals surface area contributed by atoms with Gasteiger partial charge in [0.15, 0.2) is 0 Å². The summed E-state index contributed by atoms with van der Waals surface area (Å²) in [5.74, 6) is 0.652. The van der Waals surface area contributed by atoms with Gasteiger partial charge < -0.3 is 5.32 Å². The van der Waals surface area contributed by atoms with Crippen molar-refractivity contribution < 1.29 is 0 Å². The lowest BCUT2D eigenvalue weighted by atomic mass is 10.2. The normalized spacial score (nSPS) is 11.2. The van der Waals surface area contributed by atoms with Gasteiger partial charge in [0.2, 0.25) is 0 Å². The number of hydrogen-bond acceptors (Lipinski definition) is 2. The van der Waals surface area contributed by atoms with Gasteiger partial charge >= 0.3 is 0 Å². The summed E-state index contributed by atoms with van der Waals surface area (Å²) in [6.45, 7) is 6.20. The molecule has 0 spiro atoms. The van der Waals surface area contributed by atoms with Crippen LogP contribution in [-0.4, -0.2) is 16.3 Å². The fraction of sp³-hybridized carbons (Fsp3) is 0.357. The van der Waals surface area contributed by atoms with Crippen LogP contribution in [0.15, 0.2) is 30.5 Å². The second-order valence-electron chi connectivity index (χ2n) is 4.87. The van der Waals surface area contributed by atoms with Gasteiger partial charge in [-0.1, -0.05) is 25.4 Å². The summed E-state index contributed by atoms with van der Waals surface area (Å²) in [5, 5.41) is 8.71. The van der Waals surface area contributed by atoms with E-state index in [0.717, 1.165) is 33.1 Å². The van der Waals surface area contributed by atoms with Crippen molar-refractivity contribution in [3.05, 3.63) is 44.7 Å². The van der Waals surface area contributed by atoms with Crippen molar-refractivity contribution in [2.75, 3.05) is 6.54 Å². The Hall–Kier alpha value is -0.590. The third-order valence-corrected chi connectivity index (χ3v) is 3.76. The Balaban J connectivity index is 2.08. The average Bonchev–Trinajstić information content (AvgIpc) is 2.77. The maximum absolute atomic E-state index is 5.96. The number of benzene rings is 1. The Morgan fingerprint density at radius 2 is 2.16 bits per heavy atom. The molecule has 0 fully saturated rings. The standard InChI is InChI=1S/C14H17ClIN3/c1-10(2)8-17-9-12-5-6-19(18-12)14-4-3-11(15)7-13(14)16/h3-7,10,17H,8-9H2,1-2H3. The molecule has 19 heavy (non-hydrogen) atoms. The van der Waals surface area contributed by atoms with Crippen LogP contribution in [0.25, 0.3) is 5.69 Å². The fourth-order valence-electron chi connectivity index (χ4n) is 1.75. The molecule has 0 amide bonds. The van der Waals surface area contributed by atoms with E-state index in [1.807, 2.05) is 35.1 Å². The van der Waals surface area contributed by atoms with Gasteiger partial charge in [-0.15, -0.1) is 0 Å². The minimum atomic E-state index is 0.652. The predicted molar refractivity (Wildman–Crippen MR) is 87.8 cm³/mol. The van der Waals surface area contributed by atoms with Crippen LogP contribution < -0.4 is 5.32 Å². The third kappa shape index (κ3) is 4.19. The highest BCUT2D eigenvalue weighted by Gasteiger charge is 2.05. The average molecular weight is 390 g/mol. The molecule has 0 aliphatic heterocycles. The zero-order chi connectivity index (χ0) is 13.8. The molecule has 1 aromatic carbocycles. The van der Waals surface area contributed by atoms with Gasteiger partial charge in [0, 0.05) is 21.3 Å². The number of halogens is 2. The Morgan fingerprint density at radius 1 is 1.37 bits per heavy atom. The number of rotatable bonds is 5. The van der Waals surface area contributed by atoms with E-state index < -0.39 is 0 Å². The van der Waals surface area contributed by atoms with Gasteiger partial charge in [-0.05, 0) is 59.3 Å². The van der Waals surface area contributed by atoms with E-state index in [-0.39, 0.29) is 0 Å². The van der Waals surface area contributed by atoms with Crippen molar-refractivity contribution in [1.82, 2.24) is 15.1 Å². The molecule has 1 N–H and O–H groups in total. The summed E-state index contributed by atoms with van der Waals surface area (Å²) in [6.07, 6.45) is 1.98. The first-order chi connectivity index (χ1) is 9.06. The smallest absolute Gasteiger partial charge is 0.0780 e. The first-order valence-corrected chi connectivity index (χ1v) is 7.72. The van der Waals surface area contributed by atoms with Crippen LogP contribution in [-0.2, 0) is 6.54 Å². The third-order valence-electron chi connectivity index (χ3n) is 2.66. The maximum Gasteiger partial charge on any atom is 0.0780 e. The highest BCUT2D eigenvalue weighted by atomic mass is 127. The molecule has 2 rings (SSSR count). The van der Waals surface area contributed by atoms with Crippen LogP contribution in [0.4, 0.5) is 0 Å². The SMILES string of the molecule is CC(C)CNCc1ccn(-c2ccc(Cl)cc2I)n1. The van der Waals surface area contributed by atoms with Gasteiger partial charge in [-0.2, -0.15) is 5.10 Å². The van der Waals surface area contributed by atoms with Gasteiger partial charge in [0.25, 0.3) is 0 Å². The highest BCUT2D eigenvalue weighted by Crippen LogP contribution is 2.21. The first-order valence-electron chi connectivity index (χ1n) is 6.27. The fourth-order valence-corrected chi connectivity index (χ4v) is 2.86. The molecule has 1 heterocycles. The van der Waals surface area contributed by atoms with E-state index in [1.165, 1.54) is 0 Å². The molecule has 0 saturated heterocycles. The first kappa shape index (κ1) is 14.8. The Kier molecular flexibility index (Phi) is 5.24. The molecule has 0 unspecified atom stereocenters. The van der Waals surface area contributed by atoms with Crippen molar-refractivity contribution >= 4 is 34.2 Å². The number of nitrogens with zero attached hydrogens (tertiary/aromatic N) is 2. The summed E-state index contributed by atoms with van der Waals surface area (Å²) < 4.78 is 2.99. The van der Waals surface area contributed by atoms with Gasteiger partial charge in [0.05, 0.1) is 11.4 Å². The molecule has 0 aliphatic rings. The summed E-state index contributed by atoms with van der Waals surface area (Å²) in [7, 11) is 0. The van der Waals surface area contributed by atoms with Crippen molar-refractivity contribution in [2.45, 2.75) is 20.4 Å². The van der Waals surface area contributed by atoms with Crippen LogP contribution in [0.3, 0.4) is 0 Å². The van der Waals surface area contributed by atoms with E-state index in [1.54, 1.807) is 0 Å². The molecule has 3 nitrogen and oxygen atoms in total. The second-order valence-corrected chi connectivity index (χ2v) is 6.47. The Morgan fingerprint density at radius 3 is 2.84 bits per heavy atom. The lowest BCUT2D eigenvalue weighted by molar-refractivity contribution is 0.546. The van der Waals surface area contributed by atoms with Crippen molar-refractivity contribution in [2.24, 2.45) is 5.92 Å². The monoisotopic (exact) mass is 389 g/mol. The molecular formula is C14H17ClIN3. The topological polar surface area (TPSA) is 29.9 Å². The van der Waals surface area contributed by atoms with Crippen LogP contribution in [0.5, 0.6) is 0 Å². The largest absolute Gasteiger partial charge is 0.311 e. The minimum Gasteiger partial charge on any atom is -0.311 e. The van der Waals surface area contributed by atoms with Crippen molar-refractivity contribution in [3.8, 4) is 5.69 Å².